The number of anilines is 2. The van der Waals surface area contributed by atoms with Crippen LogP contribution in [0, 0.1) is 0 Å². The third kappa shape index (κ3) is 4.35. The van der Waals surface area contributed by atoms with Crippen molar-refractivity contribution in [3.05, 3.63) is 72.3 Å². The van der Waals surface area contributed by atoms with Crippen LogP contribution in [0.15, 0.2) is 66.7 Å². The first kappa shape index (κ1) is 19.5. The van der Waals surface area contributed by atoms with E-state index < -0.39 is 0 Å². The molecular formula is C22H21N3O2S. The predicted octanol–water partition coefficient (Wildman–Crippen LogP) is 4.34. The maximum Gasteiger partial charge on any atom is 0.258 e. The molecule has 3 aromatic carbocycles. The molecule has 0 aliphatic rings. The Kier molecular flexibility index (Phi) is 6.01. The predicted molar refractivity (Wildman–Crippen MR) is 118 cm³/mol. The van der Waals surface area contributed by atoms with Crippen molar-refractivity contribution in [3.63, 3.8) is 0 Å². The average Bonchev–Trinajstić information content (AvgIpc) is 2.68. The van der Waals surface area contributed by atoms with Crippen molar-refractivity contribution in [2.24, 2.45) is 0 Å². The number of carbonyl (C=O) groups excluding carboxylic acids is 2. The van der Waals surface area contributed by atoms with Gasteiger partial charge in [0.05, 0.1) is 5.69 Å². The fraction of sp³-hybridized carbons (Fsp3) is 0.136. The number of hydrogen-bond acceptors (Lipinski definition) is 3. The number of thiocarbonyl (C=S) groups is 1. The maximum atomic E-state index is 13.1. The normalized spacial score (nSPS) is 10.4. The fourth-order valence-electron chi connectivity index (χ4n) is 3.04. The number of carbonyl (C=O) groups is 2. The van der Waals surface area contributed by atoms with E-state index in [4.69, 9.17) is 12.2 Å². The van der Waals surface area contributed by atoms with Gasteiger partial charge >= 0.3 is 0 Å². The van der Waals surface area contributed by atoms with E-state index >= 15 is 0 Å². The number of fused-ring (bicyclic) bond motifs is 1. The molecule has 6 heteroatoms. The zero-order valence-corrected chi connectivity index (χ0v) is 16.5. The molecule has 0 unspecified atom stereocenters. The molecule has 142 valence electrons. The Hall–Kier alpha value is -3.25. The van der Waals surface area contributed by atoms with Crippen LogP contribution in [0.1, 0.15) is 24.2 Å². The van der Waals surface area contributed by atoms with Crippen molar-refractivity contribution < 1.29 is 9.59 Å². The first-order valence-electron chi connectivity index (χ1n) is 8.98. The molecule has 0 radical (unpaired) electrons. The van der Waals surface area contributed by atoms with E-state index in [0.717, 1.165) is 16.5 Å². The molecule has 0 bridgehead atoms. The van der Waals surface area contributed by atoms with Crippen molar-refractivity contribution in [2.45, 2.75) is 13.8 Å². The molecule has 0 saturated heterocycles. The zero-order chi connectivity index (χ0) is 20.1. The Bertz CT molecular complexity index is 1030. The highest BCUT2D eigenvalue weighted by Gasteiger charge is 2.18. The molecule has 0 aliphatic heterocycles. The van der Waals surface area contributed by atoms with Crippen LogP contribution in [-0.2, 0) is 4.79 Å². The fourth-order valence-corrected chi connectivity index (χ4v) is 3.30. The van der Waals surface area contributed by atoms with E-state index in [1.165, 1.54) is 6.92 Å². The minimum Gasteiger partial charge on any atom is -0.332 e. The minimum atomic E-state index is -0.238. The molecule has 3 rings (SSSR count). The Balaban J connectivity index is 1.83. The molecule has 0 atom stereocenters. The summed E-state index contributed by atoms with van der Waals surface area (Å²) in [4.78, 5) is 25.9. The number of nitrogens with one attached hydrogen (secondary N) is 2. The van der Waals surface area contributed by atoms with E-state index in [9.17, 15) is 9.59 Å². The van der Waals surface area contributed by atoms with Crippen LogP contribution in [0.5, 0.6) is 0 Å². The Labute approximate surface area is 169 Å². The summed E-state index contributed by atoms with van der Waals surface area (Å²) in [7, 11) is 0. The van der Waals surface area contributed by atoms with E-state index in [1.54, 1.807) is 29.2 Å². The van der Waals surface area contributed by atoms with Crippen LogP contribution >= 0.6 is 12.2 Å². The summed E-state index contributed by atoms with van der Waals surface area (Å²) in [6, 6.07) is 21.0. The first-order valence-corrected chi connectivity index (χ1v) is 9.38. The molecule has 3 aromatic rings. The van der Waals surface area contributed by atoms with Gasteiger partial charge < -0.3 is 15.5 Å². The van der Waals surface area contributed by atoms with Gasteiger partial charge in [0.25, 0.3) is 5.91 Å². The van der Waals surface area contributed by atoms with Gasteiger partial charge in [-0.1, -0.05) is 36.4 Å². The van der Waals surface area contributed by atoms with Gasteiger partial charge in [-0.15, -0.1) is 0 Å². The summed E-state index contributed by atoms with van der Waals surface area (Å²) in [6.07, 6.45) is 0. The van der Waals surface area contributed by atoms with E-state index in [1.807, 2.05) is 49.4 Å². The molecule has 28 heavy (non-hydrogen) atoms. The topological polar surface area (TPSA) is 61.4 Å². The summed E-state index contributed by atoms with van der Waals surface area (Å²) in [5.41, 5.74) is 2.16. The highest BCUT2D eigenvalue weighted by atomic mass is 32.1. The Morgan fingerprint density at radius 3 is 2.32 bits per heavy atom. The highest BCUT2D eigenvalue weighted by molar-refractivity contribution is 7.80. The number of amides is 2. The largest absolute Gasteiger partial charge is 0.332 e. The van der Waals surface area contributed by atoms with Crippen LogP contribution < -0.4 is 15.5 Å². The smallest absolute Gasteiger partial charge is 0.258 e. The lowest BCUT2D eigenvalue weighted by atomic mass is 10.1. The number of nitrogens with zero attached hydrogens (tertiary/aromatic N) is 1. The van der Waals surface area contributed by atoms with Crippen LogP contribution in [0.4, 0.5) is 11.4 Å². The quantitative estimate of drug-likeness (QED) is 0.650. The summed E-state index contributed by atoms with van der Waals surface area (Å²) in [6.45, 7) is 3.91. The third-order valence-corrected chi connectivity index (χ3v) is 4.50. The Morgan fingerprint density at radius 2 is 1.64 bits per heavy atom. The molecular weight excluding hydrogens is 370 g/mol. The summed E-state index contributed by atoms with van der Waals surface area (Å²) < 4.78 is 0. The maximum absolute atomic E-state index is 13.1. The Morgan fingerprint density at radius 1 is 0.964 bits per heavy atom. The van der Waals surface area contributed by atoms with Crippen molar-refractivity contribution in [1.82, 2.24) is 5.32 Å². The second-order valence-corrected chi connectivity index (χ2v) is 6.67. The van der Waals surface area contributed by atoms with E-state index in [-0.39, 0.29) is 16.9 Å². The lowest BCUT2D eigenvalue weighted by Gasteiger charge is -2.23. The van der Waals surface area contributed by atoms with Gasteiger partial charge in [-0.25, -0.2) is 0 Å². The van der Waals surface area contributed by atoms with Gasteiger partial charge in [0, 0.05) is 30.1 Å². The minimum absolute atomic E-state index is 0.0742. The van der Waals surface area contributed by atoms with Crippen LogP contribution in [0.25, 0.3) is 10.8 Å². The highest BCUT2D eigenvalue weighted by Crippen LogP contribution is 2.28. The van der Waals surface area contributed by atoms with Crippen molar-refractivity contribution in [3.8, 4) is 0 Å². The molecule has 5 nitrogen and oxygen atoms in total. The second kappa shape index (κ2) is 8.63. The van der Waals surface area contributed by atoms with Crippen molar-refractivity contribution >= 4 is 51.3 Å². The van der Waals surface area contributed by atoms with E-state index in [0.29, 0.717) is 17.8 Å². The van der Waals surface area contributed by atoms with Gasteiger partial charge in [-0.2, -0.15) is 0 Å². The molecule has 0 aromatic heterocycles. The average molecular weight is 391 g/mol. The molecule has 0 saturated carbocycles. The summed E-state index contributed by atoms with van der Waals surface area (Å²) in [5, 5.41) is 7.77. The lowest BCUT2D eigenvalue weighted by molar-refractivity contribution is -0.117. The van der Waals surface area contributed by atoms with Gasteiger partial charge in [0.15, 0.2) is 5.11 Å². The van der Waals surface area contributed by atoms with Crippen molar-refractivity contribution in [2.75, 3.05) is 16.8 Å². The van der Waals surface area contributed by atoms with Crippen molar-refractivity contribution in [1.29, 1.82) is 0 Å². The third-order valence-electron chi connectivity index (χ3n) is 4.30. The van der Waals surface area contributed by atoms with Crippen LogP contribution in [-0.4, -0.2) is 23.5 Å². The van der Waals surface area contributed by atoms with Crippen LogP contribution in [0.2, 0.25) is 0 Å². The van der Waals surface area contributed by atoms with Gasteiger partial charge in [-0.05, 0) is 54.9 Å². The van der Waals surface area contributed by atoms with Gasteiger partial charge in [0.2, 0.25) is 5.91 Å². The number of benzene rings is 3. The van der Waals surface area contributed by atoms with E-state index in [2.05, 4.69) is 10.6 Å². The number of rotatable bonds is 4. The standard InChI is InChI=1S/C22H21N3O2S/c1-3-25(20-10-6-8-16-7-4-5-9-19(16)20)21(27)17-11-13-18(14-12-17)24-22(28)23-15(2)26/h4-14H,3H2,1-2H3,(H2,23,24,26,28). The SMILES string of the molecule is CCN(C(=O)c1ccc(NC(=S)NC(C)=O)cc1)c1cccc2ccccc12. The number of hydrogen-bond donors (Lipinski definition) is 2. The molecule has 2 N–H and O–H groups in total. The van der Waals surface area contributed by atoms with Crippen LogP contribution in [0.3, 0.4) is 0 Å². The summed E-state index contributed by atoms with van der Waals surface area (Å²) in [5.74, 6) is -0.312. The molecule has 0 spiro atoms. The zero-order valence-electron chi connectivity index (χ0n) is 15.7. The molecule has 0 fully saturated rings. The van der Waals surface area contributed by atoms with Gasteiger partial charge in [-0.3, -0.25) is 9.59 Å². The molecule has 2 amide bonds. The molecule has 0 heterocycles. The first-order chi connectivity index (χ1) is 13.5. The second-order valence-electron chi connectivity index (χ2n) is 6.26. The molecule has 0 aliphatic carbocycles. The monoisotopic (exact) mass is 391 g/mol. The lowest BCUT2D eigenvalue weighted by Crippen LogP contribution is -2.32. The van der Waals surface area contributed by atoms with Gasteiger partial charge in [0.1, 0.15) is 0 Å². The summed E-state index contributed by atoms with van der Waals surface area (Å²) >= 11 is 5.05.